The minimum absolute atomic E-state index is 0.339. The summed E-state index contributed by atoms with van der Waals surface area (Å²) in [5, 5.41) is 0.716. The van der Waals surface area contributed by atoms with E-state index in [2.05, 4.69) is 20.9 Å². The molecule has 0 amide bonds. The van der Waals surface area contributed by atoms with Crippen molar-refractivity contribution < 1.29 is 0 Å². The van der Waals surface area contributed by atoms with Crippen molar-refractivity contribution >= 4 is 17.4 Å². The number of pyridine rings is 2. The molecule has 18 heavy (non-hydrogen) atoms. The Kier molecular flexibility index (Phi) is 3.15. The topological polar surface area (TPSA) is 29.0 Å². The minimum Gasteiger partial charge on any atom is -0.348 e. The predicted octanol–water partition coefficient (Wildman–Crippen LogP) is 3.47. The monoisotopic (exact) mass is 259 g/mol. The molecule has 3 rings (SSSR count). The first-order chi connectivity index (χ1) is 8.86. The van der Waals surface area contributed by atoms with E-state index in [9.17, 15) is 0 Å². The molecule has 3 nitrogen and oxygen atoms in total. The zero-order valence-corrected chi connectivity index (χ0v) is 10.7. The van der Waals surface area contributed by atoms with Crippen molar-refractivity contribution in [2.45, 2.75) is 18.9 Å². The molecule has 0 radical (unpaired) electrons. The second-order valence-corrected chi connectivity index (χ2v) is 4.85. The highest BCUT2D eigenvalue weighted by atomic mass is 35.5. The summed E-state index contributed by atoms with van der Waals surface area (Å²) >= 11 is 6.24. The molecule has 1 aliphatic rings. The molecule has 2 aromatic heterocycles. The van der Waals surface area contributed by atoms with Gasteiger partial charge in [0.05, 0.1) is 11.1 Å². The Labute approximate surface area is 111 Å². The number of anilines is 1. The van der Waals surface area contributed by atoms with Crippen molar-refractivity contribution in [2.24, 2.45) is 0 Å². The molecule has 0 N–H and O–H groups in total. The minimum atomic E-state index is 0.339. The van der Waals surface area contributed by atoms with Crippen LogP contribution in [0.3, 0.4) is 0 Å². The van der Waals surface area contributed by atoms with Gasteiger partial charge in [-0.05, 0) is 36.6 Å². The number of aromatic nitrogens is 2. The van der Waals surface area contributed by atoms with Crippen LogP contribution in [0.2, 0.25) is 5.02 Å². The van der Waals surface area contributed by atoms with Crippen molar-refractivity contribution in [2.75, 3.05) is 11.4 Å². The summed E-state index contributed by atoms with van der Waals surface area (Å²) in [5.41, 5.74) is 1.23. The average molecular weight is 260 g/mol. The highest BCUT2D eigenvalue weighted by Crippen LogP contribution is 2.37. The van der Waals surface area contributed by atoms with Crippen LogP contribution in [0.15, 0.2) is 42.9 Å². The lowest BCUT2D eigenvalue weighted by molar-refractivity contribution is 0.708. The number of nitrogens with zero attached hydrogens (tertiary/aromatic N) is 3. The van der Waals surface area contributed by atoms with Gasteiger partial charge in [0, 0.05) is 25.1 Å². The first kappa shape index (κ1) is 11.5. The standard InChI is InChI=1S/C14H14ClN3/c15-12-5-2-8-17-14(12)18-9-3-6-13(18)11-4-1-7-16-10-11/h1-2,4-5,7-8,10,13H,3,6,9H2/t13-/m0/s1. The van der Waals surface area contributed by atoms with Crippen LogP contribution in [-0.2, 0) is 0 Å². The molecule has 0 saturated carbocycles. The molecule has 0 spiro atoms. The molecule has 3 heterocycles. The lowest BCUT2D eigenvalue weighted by atomic mass is 10.1. The molecule has 1 atom stereocenters. The van der Waals surface area contributed by atoms with Crippen molar-refractivity contribution in [3.8, 4) is 0 Å². The molecular formula is C14H14ClN3. The second kappa shape index (κ2) is 4.94. The molecule has 2 aromatic rings. The van der Waals surface area contributed by atoms with E-state index in [1.165, 1.54) is 5.56 Å². The third-order valence-corrected chi connectivity index (χ3v) is 3.63. The van der Waals surface area contributed by atoms with Crippen LogP contribution in [0, 0.1) is 0 Å². The first-order valence-corrected chi connectivity index (χ1v) is 6.51. The summed E-state index contributed by atoms with van der Waals surface area (Å²) in [6.07, 6.45) is 7.81. The van der Waals surface area contributed by atoms with Gasteiger partial charge in [-0.15, -0.1) is 0 Å². The number of hydrogen-bond donors (Lipinski definition) is 0. The van der Waals surface area contributed by atoms with Crippen LogP contribution in [0.25, 0.3) is 0 Å². The lowest BCUT2D eigenvalue weighted by Gasteiger charge is -2.26. The van der Waals surface area contributed by atoms with Gasteiger partial charge in [0.2, 0.25) is 0 Å². The largest absolute Gasteiger partial charge is 0.348 e. The smallest absolute Gasteiger partial charge is 0.147 e. The summed E-state index contributed by atoms with van der Waals surface area (Å²) in [5.74, 6) is 0.880. The van der Waals surface area contributed by atoms with Gasteiger partial charge in [-0.3, -0.25) is 4.98 Å². The van der Waals surface area contributed by atoms with Crippen LogP contribution in [0.4, 0.5) is 5.82 Å². The fraction of sp³-hybridized carbons (Fsp3) is 0.286. The summed E-state index contributed by atoms with van der Waals surface area (Å²) in [6, 6.07) is 8.19. The lowest BCUT2D eigenvalue weighted by Crippen LogP contribution is -2.23. The van der Waals surface area contributed by atoms with Gasteiger partial charge in [-0.2, -0.15) is 0 Å². The van der Waals surface area contributed by atoms with E-state index in [1.807, 2.05) is 24.4 Å². The van der Waals surface area contributed by atoms with E-state index < -0.39 is 0 Å². The highest BCUT2D eigenvalue weighted by molar-refractivity contribution is 6.32. The third-order valence-electron chi connectivity index (χ3n) is 3.33. The summed E-state index contributed by atoms with van der Waals surface area (Å²) in [4.78, 5) is 10.9. The molecule has 4 heteroatoms. The van der Waals surface area contributed by atoms with E-state index in [-0.39, 0.29) is 0 Å². The average Bonchev–Trinajstić information content (AvgIpc) is 2.89. The van der Waals surface area contributed by atoms with Crippen molar-refractivity contribution in [1.82, 2.24) is 9.97 Å². The predicted molar refractivity (Wildman–Crippen MR) is 72.8 cm³/mol. The molecule has 1 saturated heterocycles. The maximum Gasteiger partial charge on any atom is 0.147 e. The molecule has 92 valence electrons. The molecule has 0 unspecified atom stereocenters. The molecule has 0 aliphatic carbocycles. The van der Waals surface area contributed by atoms with E-state index in [1.54, 1.807) is 12.4 Å². The molecule has 1 fully saturated rings. The van der Waals surface area contributed by atoms with Crippen LogP contribution >= 0.6 is 11.6 Å². The van der Waals surface area contributed by atoms with Crippen molar-refractivity contribution in [1.29, 1.82) is 0 Å². The van der Waals surface area contributed by atoms with E-state index in [0.29, 0.717) is 11.1 Å². The molecule has 0 aromatic carbocycles. The summed E-state index contributed by atoms with van der Waals surface area (Å²) in [6.45, 7) is 0.996. The first-order valence-electron chi connectivity index (χ1n) is 6.13. The summed E-state index contributed by atoms with van der Waals surface area (Å²) in [7, 11) is 0. The Bertz CT molecular complexity index is 530. The second-order valence-electron chi connectivity index (χ2n) is 4.45. The zero-order chi connectivity index (χ0) is 12.4. The van der Waals surface area contributed by atoms with Crippen LogP contribution < -0.4 is 4.90 Å². The van der Waals surface area contributed by atoms with Gasteiger partial charge in [0.1, 0.15) is 5.82 Å². The van der Waals surface area contributed by atoms with Crippen LogP contribution in [0.5, 0.6) is 0 Å². The molecule has 1 aliphatic heterocycles. The fourth-order valence-corrected chi connectivity index (χ4v) is 2.76. The SMILES string of the molecule is Clc1cccnc1N1CCC[C@H]1c1cccnc1. The molecular weight excluding hydrogens is 246 g/mol. The van der Waals surface area contributed by atoms with Gasteiger partial charge in [0.25, 0.3) is 0 Å². The van der Waals surface area contributed by atoms with Gasteiger partial charge >= 0.3 is 0 Å². The Morgan fingerprint density at radius 2 is 2.11 bits per heavy atom. The summed E-state index contributed by atoms with van der Waals surface area (Å²) < 4.78 is 0. The van der Waals surface area contributed by atoms with E-state index in [4.69, 9.17) is 11.6 Å². The normalized spacial score (nSPS) is 19.2. The Hall–Kier alpha value is -1.61. The van der Waals surface area contributed by atoms with Gasteiger partial charge in [-0.1, -0.05) is 17.7 Å². The maximum absolute atomic E-state index is 6.24. The fourth-order valence-electron chi connectivity index (χ4n) is 2.53. The Morgan fingerprint density at radius 3 is 2.89 bits per heavy atom. The van der Waals surface area contributed by atoms with Gasteiger partial charge in [0.15, 0.2) is 0 Å². The maximum atomic E-state index is 6.24. The van der Waals surface area contributed by atoms with E-state index in [0.717, 1.165) is 25.2 Å². The van der Waals surface area contributed by atoms with Crippen LogP contribution in [0.1, 0.15) is 24.4 Å². The number of rotatable bonds is 2. The number of hydrogen-bond acceptors (Lipinski definition) is 3. The van der Waals surface area contributed by atoms with Crippen molar-refractivity contribution in [3.63, 3.8) is 0 Å². The quantitative estimate of drug-likeness (QED) is 0.827. The molecule has 0 bridgehead atoms. The Balaban J connectivity index is 1.95. The number of halogens is 1. The van der Waals surface area contributed by atoms with Crippen LogP contribution in [-0.4, -0.2) is 16.5 Å². The van der Waals surface area contributed by atoms with E-state index >= 15 is 0 Å². The Morgan fingerprint density at radius 1 is 1.22 bits per heavy atom. The van der Waals surface area contributed by atoms with Crippen molar-refractivity contribution in [3.05, 3.63) is 53.4 Å². The van der Waals surface area contributed by atoms with Gasteiger partial charge < -0.3 is 4.90 Å². The highest BCUT2D eigenvalue weighted by Gasteiger charge is 2.28. The van der Waals surface area contributed by atoms with Gasteiger partial charge in [-0.25, -0.2) is 4.98 Å². The third kappa shape index (κ3) is 2.06. The zero-order valence-electron chi connectivity index (χ0n) is 9.96.